The standard InChI is InChI=1S/C24H18ClN3O2S/c1-16-4-2-3-5-21(16)23(29)30-20-12-6-17(7-13-20)14-26-28-24-27-22(15-31-24)18-8-10-19(25)11-9-18/h2-15H,1H3,(H,27,28)/b26-14-. The fourth-order valence-electron chi connectivity index (χ4n) is 2.83. The van der Waals surface area contributed by atoms with Gasteiger partial charge >= 0.3 is 5.97 Å². The molecule has 0 aliphatic rings. The van der Waals surface area contributed by atoms with Gasteiger partial charge in [-0.2, -0.15) is 5.10 Å². The second kappa shape index (κ2) is 9.55. The van der Waals surface area contributed by atoms with Crippen molar-refractivity contribution in [1.29, 1.82) is 0 Å². The van der Waals surface area contributed by atoms with E-state index in [0.29, 0.717) is 21.5 Å². The number of rotatable bonds is 6. The van der Waals surface area contributed by atoms with Crippen LogP contribution in [0.15, 0.2) is 83.3 Å². The Labute approximate surface area is 189 Å². The van der Waals surface area contributed by atoms with Gasteiger partial charge in [-0.3, -0.25) is 5.43 Å². The molecular formula is C24H18ClN3O2S. The van der Waals surface area contributed by atoms with Crippen LogP contribution in [0, 0.1) is 6.92 Å². The van der Waals surface area contributed by atoms with Crippen LogP contribution in [0.1, 0.15) is 21.5 Å². The van der Waals surface area contributed by atoms with E-state index in [2.05, 4.69) is 15.5 Å². The molecule has 7 heteroatoms. The van der Waals surface area contributed by atoms with Crippen molar-refractivity contribution in [3.05, 3.63) is 99.9 Å². The normalized spacial score (nSPS) is 10.9. The van der Waals surface area contributed by atoms with E-state index in [-0.39, 0.29) is 5.97 Å². The molecule has 4 aromatic rings. The third-order valence-corrected chi connectivity index (χ3v) is 5.47. The number of nitrogens with zero attached hydrogens (tertiary/aromatic N) is 2. The summed E-state index contributed by atoms with van der Waals surface area (Å²) in [5, 5.41) is 7.56. The lowest BCUT2D eigenvalue weighted by atomic mass is 10.1. The van der Waals surface area contributed by atoms with Crippen molar-refractivity contribution < 1.29 is 9.53 Å². The van der Waals surface area contributed by atoms with Gasteiger partial charge < -0.3 is 4.74 Å². The summed E-state index contributed by atoms with van der Waals surface area (Å²) in [4.78, 5) is 16.8. The van der Waals surface area contributed by atoms with Crippen LogP contribution in [0.3, 0.4) is 0 Å². The Bertz CT molecular complexity index is 1220. The molecule has 1 N–H and O–H groups in total. The van der Waals surface area contributed by atoms with Crippen LogP contribution >= 0.6 is 22.9 Å². The smallest absolute Gasteiger partial charge is 0.343 e. The zero-order valence-corrected chi connectivity index (χ0v) is 18.2. The maximum absolute atomic E-state index is 12.3. The Kier molecular flexibility index (Phi) is 6.40. The molecule has 0 atom stereocenters. The molecule has 0 saturated heterocycles. The summed E-state index contributed by atoms with van der Waals surface area (Å²) in [6.45, 7) is 1.88. The quantitative estimate of drug-likeness (QED) is 0.160. The molecule has 154 valence electrons. The molecule has 0 amide bonds. The van der Waals surface area contributed by atoms with E-state index in [9.17, 15) is 4.79 Å². The highest BCUT2D eigenvalue weighted by molar-refractivity contribution is 7.14. The van der Waals surface area contributed by atoms with Crippen molar-refractivity contribution in [2.45, 2.75) is 6.92 Å². The molecular weight excluding hydrogens is 430 g/mol. The van der Waals surface area contributed by atoms with E-state index in [0.717, 1.165) is 22.4 Å². The summed E-state index contributed by atoms with van der Waals surface area (Å²) in [6, 6.07) is 22.0. The van der Waals surface area contributed by atoms with Gasteiger partial charge in [0.15, 0.2) is 0 Å². The molecule has 1 heterocycles. The average Bonchev–Trinajstić information content (AvgIpc) is 3.24. The zero-order chi connectivity index (χ0) is 21.6. The lowest BCUT2D eigenvalue weighted by molar-refractivity contribution is 0.0734. The zero-order valence-electron chi connectivity index (χ0n) is 16.6. The van der Waals surface area contributed by atoms with Crippen molar-refractivity contribution in [3.63, 3.8) is 0 Å². The number of carbonyl (C=O) groups is 1. The van der Waals surface area contributed by atoms with Crippen LogP contribution in [0.4, 0.5) is 5.13 Å². The van der Waals surface area contributed by atoms with Gasteiger partial charge in [-0.25, -0.2) is 9.78 Å². The first-order chi connectivity index (χ1) is 15.1. The maximum atomic E-state index is 12.3. The number of thiazole rings is 1. The summed E-state index contributed by atoms with van der Waals surface area (Å²) < 4.78 is 5.45. The van der Waals surface area contributed by atoms with Crippen LogP contribution in [0.25, 0.3) is 11.3 Å². The Morgan fingerprint density at radius 3 is 2.55 bits per heavy atom. The Hall–Kier alpha value is -3.48. The number of halogens is 1. The molecule has 0 aliphatic carbocycles. The van der Waals surface area contributed by atoms with Gasteiger partial charge in [0.1, 0.15) is 5.75 Å². The molecule has 4 rings (SSSR count). The van der Waals surface area contributed by atoms with Gasteiger partial charge in [0.25, 0.3) is 0 Å². The summed E-state index contributed by atoms with van der Waals surface area (Å²) in [5.41, 5.74) is 7.08. The molecule has 5 nitrogen and oxygen atoms in total. The lowest BCUT2D eigenvalue weighted by Crippen LogP contribution is -2.10. The maximum Gasteiger partial charge on any atom is 0.343 e. The van der Waals surface area contributed by atoms with Gasteiger partial charge in [0.05, 0.1) is 17.5 Å². The monoisotopic (exact) mass is 447 g/mol. The van der Waals surface area contributed by atoms with Gasteiger partial charge in [-0.15, -0.1) is 11.3 Å². The van der Waals surface area contributed by atoms with E-state index < -0.39 is 0 Å². The Morgan fingerprint density at radius 2 is 1.81 bits per heavy atom. The highest BCUT2D eigenvalue weighted by atomic mass is 35.5. The second-order valence-electron chi connectivity index (χ2n) is 6.69. The van der Waals surface area contributed by atoms with E-state index in [1.165, 1.54) is 11.3 Å². The summed E-state index contributed by atoms with van der Waals surface area (Å²) in [7, 11) is 0. The number of ether oxygens (including phenoxy) is 1. The van der Waals surface area contributed by atoms with Crippen molar-refractivity contribution >= 4 is 40.3 Å². The van der Waals surface area contributed by atoms with Crippen LogP contribution in [-0.4, -0.2) is 17.2 Å². The van der Waals surface area contributed by atoms with Crippen molar-refractivity contribution in [3.8, 4) is 17.0 Å². The number of hydrogen-bond donors (Lipinski definition) is 1. The molecule has 1 aromatic heterocycles. The Morgan fingerprint density at radius 1 is 1.06 bits per heavy atom. The first-order valence-electron chi connectivity index (χ1n) is 9.47. The molecule has 0 unspecified atom stereocenters. The SMILES string of the molecule is Cc1ccccc1C(=O)Oc1ccc(/C=N\Nc2nc(-c3ccc(Cl)cc3)cs2)cc1. The van der Waals surface area contributed by atoms with Gasteiger partial charge in [0.2, 0.25) is 5.13 Å². The summed E-state index contributed by atoms with van der Waals surface area (Å²) in [6.07, 6.45) is 1.68. The largest absolute Gasteiger partial charge is 0.423 e. The minimum absolute atomic E-state index is 0.374. The van der Waals surface area contributed by atoms with Gasteiger partial charge in [-0.1, -0.05) is 41.9 Å². The van der Waals surface area contributed by atoms with Crippen LogP contribution in [-0.2, 0) is 0 Å². The van der Waals surface area contributed by atoms with E-state index in [1.807, 2.05) is 66.9 Å². The number of aryl methyl sites for hydroxylation is 1. The van der Waals surface area contributed by atoms with Crippen molar-refractivity contribution in [1.82, 2.24) is 4.98 Å². The van der Waals surface area contributed by atoms with Gasteiger partial charge in [-0.05, 0) is 60.5 Å². The first-order valence-corrected chi connectivity index (χ1v) is 10.7. The van der Waals surface area contributed by atoms with Crippen molar-refractivity contribution in [2.24, 2.45) is 5.10 Å². The number of hydrazone groups is 1. The number of carbonyl (C=O) groups excluding carboxylic acids is 1. The molecule has 0 fully saturated rings. The predicted octanol–water partition coefficient (Wildman–Crippen LogP) is 6.44. The predicted molar refractivity (Wildman–Crippen MR) is 126 cm³/mol. The molecule has 0 radical (unpaired) electrons. The van der Waals surface area contributed by atoms with Gasteiger partial charge in [0, 0.05) is 16.0 Å². The lowest BCUT2D eigenvalue weighted by Gasteiger charge is -2.06. The summed E-state index contributed by atoms with van der Waals surface area (Å²) >= 11 is 7.39. The van der Waals surface area contributed by atoms with Crippen LogP contribution in [0.5, 0.6) is 5.75 Å². The molecule has 0 aliphatic heterocycles. The number of nitrogens with one attached hydrogen (secondary N) is 1. The highest BCUT2D eigenvalue weighted by Gasteiger charge is 2.10. The van der Waals surface area contributed by atoms with Crippen LogP contribution < -0.4 is 10.2 Å². The van der Waals surface area contributed by atoms with E-state index in [4.69, 9.17) is 16.3 Å². The highest BCUT2D eigenvalue weighted by Crippen LogP contribution is 2.26. The minimum Gasteiger partial charge on any atom is -0.423 e. The number of esters is 1. The molecule has 0 saturated carbocycles. The molecule has 0 bridgehead atoms. The fraction of sp³-hybridized carbons (Fsp3) is 0.0417. The number of benzene rings is 3. The minimum atomic E-state index is -0.374. The number of hydrogen-bond acceptors (Lipinski definition) is 6. The third-order valence-electron chi connectivity index (χ3n) is 4.47. The topological polar surface area (TPSA) is 63.6 Å². The Balaban J connectivity index is 1.34. The molecule has 0 spiro atoms. The first kappa shape index (κ1) is 20.8. The fourth-order valence-corrected chi connectivity index (χ4v) is 3.62. The van der Waals surface area contributed by atoms with Crippen molar-refractivity contribution in [2.75, 3.05) is 5.43 Å². The second-order valence-corrected chi connectivity index (χ2v) is 7.98. The molecule has 3 aromatic carbocycles. The summed E-state index contributed by atoms with van der Waals surface area (Å²) in [5.74, 6) is 0.104. The van der Waals surface area contributed by atoms with E-state index >= 15 is 0 Å². The number of aromatic nitrogens is 1. The van der Waals surface area contributed by atoms with E-state index in [1.54, 1.807) is 24.4 Å². The van der Waals surface area contributed by atoms with Crippen LogP contribution in [0.2, 0.25) is 5.02 Å². The third kappa shape index (κ3) is 5.36. The average molecular weight is 448 g/mol. The molecule has 31 heavy (non-hydrogen) atoms. The number of anilines is 1.